The fourth-order valence-electron chi connectivity index (χ4n) is 1.51. The van der Waals surface area contributed by atoms with Crippen LogP contribution in [0, 0.1) is 5.82 Å². The van der Waals surface area contributed by atoms with E-state index in [1.54, 1.807) is 0 Å². The Morgan fingerprint density at radius 1 is 1.11 bits per heavy atom. The van der Waals surface area contributed by atoms with Gasteiger partial charge in [-0.25, -0.2) is 12.8 Å². The molecule has 1 aromatic rings. The molecule has 1 fully saturated rings. The normalized spacial score (nSPS) is 17.4. The summed E-state index contributed by atoms with van der Waals surface area (Å²) in [7, 11) is -9.15. The fraction of sp³-hybridized carbons (Fsp3) is 0.333. The molecule has 5 nitrogen and oxygen atoms in total. The van der Waals surface area contributed by atoms with E-state index in [1.165, 1.54) is 0 Å². The molecule has 0 aliphatic carbocycles. The van der Waals surface area contributed by atoms with Gasteiger partial charge < -0.3 is 0 Å². The van der Waals surface area contributed by atoms with Crippen molar-refractivity contribution >= 4 is 20.2 Å². The summed E-state index contributed by atoms with van der Waals surface area (Å²) in [5, 5.41) is 0. The Labute approximate surface area is 103 Å². The van der Waals surface area contributed by atoms with Gasteiger partial charge in [-0.3, -0.25) is 0 Å². The van der Waals surface area contributed by atoms with E-state index in [2.05, 4.69) is 0 Å². The summed E-state index contributed by atoms with van der Waals surface area (Å²) >= 11 is 0. The molecule has 100 valence electrons. The maximum absolute atomic E-state index is 13.1. The first kappa shape index (κ1) is 13.4. The summed E-state index contributed by atoms with van der Waals surface area (Å²) in [4.78, 5) is -1.69. The van der Waals surface area contributed by atoms with E-state index in [-0.39, 0.29) is 0 Å². The minimum atomic E-state index is -5.29. The minimum Gasteiger partial charge on any atom is -0.207 e. The van der Waals surface area contributed by atoms with Gasteiger partial charge >= 0.3 is 10.2 Å². The van der Waals surface area contributed by atoms with Crippen LogP contribution in [0.5, 0.6) is 0 Å². The number of rotatable bonds is 3. The van der Waals surface area contributed by atoms with Crippen molar-refractivity contribution in [3.05, 3.63) is 24.0 Å². The molecule has 1 aliphatic rings. The van der Waals surface area contributed by atoms with Crippen molar-refractivity contribution in [3.63, 3.8) is 0 Å². The highest BCUT2D eigenvalue weighted by atomic mass is 32.3. The Kier molecular flexibility index (Phi) is 3.16. The second-order valence-electron chi connectivity index (χ2n) is 3.79. The highest BCUT2D eigenvalue weighted by molar-refractivity contribution is 7.89. The van der Waals surface area contributed by atoms with Crippen LogP contribution in [0.15, 0.2) is 28.0 Å². The third-order valence-electron chi connectivity index (χ3n) is 2.62. The number of nitrogens with zero attached hydrogens (tertiary/aromatic N) is 1. The lowest BCUT2D eigenvalue weighted by Crippen LogP contribution is -2.41. The van der Waals surface area contributed by atoms with E-state index in [0.29, 0.717) is 31.6 Å². The predicted molar refractivity (Wildman–Crippen MR) is 58.1 cm³/mol. The Bertz CT molecular complexity index is 681. The van der Waals surface area contributed by atoms with Gasteiger partial charge in [0, 0.05) is 13.1 Å². The van der Waals surface area contributed by atoms with Gasteiger partial charge in [0.15, 0.2) is 0 Å². The molecule has 0 radical (unpaired) electrons. The molecule has 1 aliphatic heterocycles. The monoisotopic (exact) mass is 297 g/mol. The van der Waals surface area contributed by atoms with Gasteiger partial charge in [-0.2, -0.15) is 12.7 Å². The summed E-state index contributed by atoms with van der Waals surface area (Å²) in [6.45, 7) is 0.634. The lowest BCUT2D eigenvalue weighted by Gasteiger charge is -2.29. The van der Waals surface area contributed by atoms with Gasteiger partial charge in [-0.05, 0) is 24.6 Å². The summed E-state index contributed by atoms with van der Waals surface area (Å²) in [6.07, 6.45) is 0.703. The maximum atomic E-state index is 13.1. The first-order chi connectivity index (χ1) is 8.23. The molecule has 9 heteroatoms. The molecule has 1 heterocycles. The van der Waals surface area contributed by atoms with Gasteiger partial charge in [0.2, 0.25) is 10.0 Å². The third-order valence-corrected chi connectivity index (χ3v) is 5.35. The van der Waals surface area contributed by atoms with E-state index in [9.17, 15) is 25.1 Å². The number of hydrogen-bond donors (Lipinski definition) is 0. The predicted octanol–water partition coefficient (Wildman–Crippen LogP) is 0.878. The van der Waals surface area contributed by atoms with Crippen LogP contribution in [0.2, 0.25) is 0 Å². The summed E-state index contributed by atoms with van der Waals surface area (Å²) < 4.78 is 72.1. The van der Waals surface area contributed by atoms with Gasteiger partial charge in [-0.1, -0.05) is 0 Å². The summed E-state index contributed by atoms with van der Waals surface area (Å²) in [5.74, 6) is -1.32. The lowest BCUT2D eigenvalue weighted by atomic mass is 10.3. The first-order valence-corrected chi connectivity index (χ1v) is 7.79. The van der Waals surface area contributed by atoms with Crippen molar-refractivity contribution in [2.45, 2.75) is 16.2 Å². The molecule has 0 atom stereocenters. The molecule has 0 bridgehead atoms. The molecule has 0 saturated carbocycles. The molecule has 0 spiro atoms. The SMILES string of the molecule is O=S(=O)(F)c1cc(S(=O)(=O)N2CCC2)ccc1F. The van der Waals surface area contributed by atoms with Crippen LogP contribution in [0.25, 0.3) is 0 Å². The van der Waals surface area contributed by atoms with Gasteiger partial charge in [0.25, 0.3) is 0 Å². The number of benzene rings is 1. The molecule has 0 N–H and O–H groups in total. The second-order valence-corrected chi connectivity index (χ2v) is 7.04. The van der Waals surface area contributed by atoms with Crippen LogP contribution in [-0.4, -0.2) is 34.2 Å². The van der Waals surface area contributed by atoms with Gasteiger partial charge in [-0.15, -0.1) is 3.89 Å². The van der Waals surface area contributed by atoms with E-state index in [1.807, 2.05) is 0 Å². The molecule has 0 unspecified atom stereocenters. The number of sulfonamides is 1. The molecule has 2 rings (SSSR count). The van der Waals surface area contributed by atoms with E-state index < -0.39 is 35.9 Å². The smallest absolute Gasteiger partial charge is 0.207 e. The minimum absolute atomic E-state index is 0.317. The Balaban J connectivity index is 2.54. The second kappa shape index (κ2) is 4.25. The van der Waals surface area contributed by atoms with Crippen molar-refractivity contribution in [2.75, 3.05) is 13.1 Å². The maximum Gasteiger partial charge on any atom is 0.335 e. The molecule has 0 amide bonds. The Morgan fingerprint density at radius 3 is 2.17 bits per heavy atom. The van der Waals surface area contributed by atoms with Gasteiger partial charge in [0.05, 0.1) is 4.90 Å². The molecule has 0 aromatic heterocycles. The standard InChI is InChI=1S/C9H9F2NO4S2/c10-8-3-2-7(6-9(8)17(11,13)14)18(15,16)12-4-1-5-12/h2-3,6H,1,4-5H2. The summed E-state index contributed by atoms with van der Waals surface area (Å²) in [6, 6.07) is 2.04. The van der Waals surface area contributed by atoms with Crippen LogP contribution < -0.4 is 0 Å². The van der Waals surface area contributed by atoms with Crippen LogP contribution in [-0.2, 0) is 20.2 Å². The van der Waals surface area contributed by atoms with Crippen molar-refractivity contribution < 1.29 is 25.1 Å². The molecular weight excluding hydrogens is 288 g/mol. The van der Waals surface area contributed by atoms with E-state index in [4.69, 9.17) is 0 Å². The van der Waals surface area contributed by atoms with E-state index in [0.717, 1.165) is 10.4 Å². The zero-order chi connectivity index (χ0) is 13.6. The van der Waals surface area contributed by atoms with Crippen molar-refractivity contribution in [3.8, 4) is 0 Å². The first-order valence-electron chi connectivity index (χ1n) is 4.97. The highest BCUT2D eigenvalue weighted by Gasteiger charge is 2.31. The molecule has 1 saturated heterocycles. The van der Waals surface area contributed by atoms with Crippen molar-refractivity contribution in [2.24, 2.45) is 0 Å². The quantitative estimate of drug-likeness (QED) is 0.776. The zero-order valence-electron chi connectivity index (χ0n) is 9.01. The average Bonchev–Trinajstić information content (AvgIpc) is 2.12. The third kappa shape index (κ3) is 2.25. The van der Waals surface area contributed by atoms with Crippen LogP contribution in [0.3, 0.4) is 0 Å². The van der Waals surface area contributed by atoms with E-state index >= 15 is 0 Å². The average molecular weight is 297 g/mol. The Hall–Kier alpha value is -1.06. The fourth-order valence-corrected chi connectivity index (χ4v) is 3.69. The molecular formula is C9H9F2NO4S2. The molecule has 1 aromatic carbocycles. The van der Waals surface area contributed by atoms with Crippen LogP contribution in [0.1, 0.15) is 6.42 Å². The highest BCUT2D eigenvalue weighted by Crippen LogP contribution is 2.25. The molecule has 18 heavy (non-hydrogen) atoms. The number of halogens is 2. The van der Waals surface area contributed by atoms with Crippen molar-refractivity contribution in [1.29, 1.82) is 0 Å². The van der Waals surface area contributed by atoms with Crippen LogP contribution in [0.4, 0.5) is 8.28 Å². The Morgan fingerprint density at radius 2 is 1.72 bits per heavy atom. The topological polar surface area (TPSA) is 71.5 Å². The lowest BCUT2D eigenvalue weighted by molar-refractivity contribution is 0.309. The zero-order valence-corrected chi connectivity index (χ0v) is 10.6. The number of hydrogen-bond acceptors (Lipinski definition) is 4. The van der Waals surface area contributed by atoms with Crippen molar-refractivity contribution in [1.82, 2.24) is 4.31 Å². The van der Waals surface area contributed by atoms with Crippen LogP contribution >= 0.6 is 0 Å². The van der Waals surface area contributed by atoms with Gasteiger partial charge in [0.1, 0.15) is 10.7 Å². The largest absolute Gasteiger partial charge is 0.335 e. The summed E-state index contributed by atoms with van der Waals surface area (Å²) in [5.41, 5.74) is 0.